The van der Waals surface area contributed by atoms with Gasteiger partial charge in [-0.05, 0) is 24.6 Å². The first-order valence-electron chi connectivity index (χ1n) is 5.51. The van der Waals surface area contributed by atoms with E-state index in [9.17, 15) is 4.79 Å². The van der Waals surface area contributed by atoms with E-state index < -0.39 is 0 Å². The molecule has 3 nitrogen and oxygen atoms in total. The lowest BCUT2D eigenvalue weighted by molar-refractivity contribution is -0.120. The maximum absolute atomic E-state index is 11.3. The molecule has 0 fully saturated rings. The van der Waals surface area contributed by atoms with Crippen LogP contribution in [0.4, 0.5) is 5.69 Å². The fraction of sp³-hybridized carbons (Fsp3) is 0.308. The Morgan fingerprint density at radius 3 is 3.00 bits per heavy atom. The quantitative estimate of drug-likeness (QED) is 0.765. The number of nitrogens with one attached hydrogen (secondary N) is 2. The largest absolute Gasteiger partial charge is 0.384 e. The topological polar surface area (TPSA) is 41.1 Å². The van der Waals surface area contributed by atoms with Crippen LogP contribution in [0.1, 0.15) is 12.0 Å². The molecular weight excluding hydrogens is 236 g/mol. The zero-order valence-electron chi connectivity index (χ0n) is 9.92. The number of carbonyl (C=O) groups is 1. The number of hydrogen-bond donors (Lipinski definition) is 2. The molecule has 0 saturated carbocycles. The van der Waals surface area contributed by atoms with Gasteiger partial charge in [-0.25, -0.2) is 0 Å². The Labute approximate surface area is 107 Å². The molecule has 0 aliphatic heterocycles. The third-order valence-electron chi connectivity index (χ3n) is 2.31. The number of carbonyl (C=O) groups excluding carboxylic acids is 1. The van der Waals surface area contributed by atoms with Crippen molar-refractivity contribution in [1.82, 2.24) is 5.32 Å². The Balaban J connectivity index is 2.37. The highest BCUT2D eigenvalue weighted by atomic mass is 35.5. The number of hydrogen-bond acceptors (Lipinski definition) is 2. The second-order valence-corrected chi connectivity index (χ2v) is 4.17. The van der Waals surface area contributed by atoms with Crippen molar-refractivity contribution in [3.05, 3.63) is 41.4 Å². The van der Waals surface area contributed by atoms with Crippen molar-refractivity contribution in [2.75, 3.05) is 18.4 Å². The summed E-state index contributed by atoms with van der Waals surface area (Å²) in [5.74, 6) is 0.0112. The lowest BCUT2D eigenvalue weighted by Gasteiger charge is -2.09. The summed E-state index contributed by atoms with van der Waals surface area (Å²) in [6, 6.07) is 5.65. The summed E-state index contributed by atoms with van der Waals surface area (Å²) < 4.78 is 0. The third kappa shape index (κ3) is 4.91. The first-order valence-corrected chi connectivity index (χ1v) is 5.89. The summed E-state index contributed by atoms with van der Waals surface area (Å²) in [5, 5.41) is 6.60. The van der Waals surface area contributed by atoms with E-state index in [2.05, 4.69) is 17.2 Å². The number of rotatable bonds is 6. The zero-order chi connectivity index (χ0) is 12.7. The van der Waals surface area contributed by atoms with Crippen LogP contribution >= 0.6 is 11.6 Å². The minimum absolute atomic E-state index is 0.0112. The molecule has 1 amide bonds. The van der Waals surface area contributed by atoms with Crippen molar-refractivity contribution in [3.63, 3.8) is 0 Å². The van der Waals surface area contributed by atoms with E-state index in [1.807, 2.05) is 25.1 Å². The molecule has 1 rings (SSSR count). The molecule has 4 heteroatoms. The second-order valence-electron chi connectivity index (χ2n) is 3.73. The van der Waals surface area contributed by atoms with Crippen LogP contribution in [0.3, 0.4) is 0 Å². The van der Waals surface area contributed by atoms with Gasteiger partial charge in [-0.1, -0.05) is 23.7 Å². The maximum atomic E-state index is 11.3. The van der Waals surface area contributed by atoms with Crippen LogP contribution in [-0.2, 0) is 4.79 Å². The van der Waals surface area contributed by atoms with Crippen molar-refractivity contribution in [2.24, 2.45) is 0 Å². The lowest BCUT2D eigenvalue weighted by Crippen LogP contribution is -2.25. The van der Waals surface area contributed by atoms with Crippen LogP contribution in [0, 0.1) is 6.92 Å². The average molecular weight is 253 g/mol. The highest BCUT2D eigenvalue weighted by Crippen LogP contribution is 2.19. The normalized spacial score (nSPS) is 9.76. The van der Waals surface area contributed by atoms with Gasteiger partial charge in [-0.3, -0.25) is 4.79 Å². The van der Waals surface area contributed by atoms with Crippen LogP contribution in [-0.4, -0.2) is 19.0 Å². The van der Waals surface area contributed by atoms with Crippen molar-refractivity contribution >= 4 is 23.2 Å². The van der Waals surface area contributed by atoms with E-state index in [-0.39, 0.29) is 5.91 Å². The molecule has 0 heterocycles. The molecule has 92 valence electrons. The second kappa shape index (κ2) is 6.97. The van der Waals surface area contributed by atoms with Gasteiger partial charge < -0.3 is 10.6 Å². The van der Waals surface area contributed by atoms with Gasteiger partial charge in [0.1, 0.15) is 0 Å². The number of halogens is 1. The first kappa shape index (κ1) is 13.6. The highest BCUT2D eigenvalue weighted by Gasteiger charge is 2.01. The molecule has 0 spiro atoms. The summed E-state index contributed by atoms with van der Waals surface area (Å²) >= 11 is 5.90. The maximum Gasteiger partial charge on any atom is 0.222 e. The average Bonchev–Trinajstić information content (AvgIpc) is 2.31. The van der Waals surface area contributed by atoms with E-state index >= 15 is 0 Å². The summed E-state index contributed by atoms with van der Waals surface area (Å²) in [6.45, 7) is 6.63. The smallest absolute Gasteiger partial charge is 0.222 e. The van der Waals surface area contributed by atoms with Crippen molar-refractivity contribution in [3.8, 4) is 0 Å². The molecule has 2 N–H and O–H groups in total. The van der Waals surface area contributed by atoms with Gasteiger partial charge in [0.05, 0.1) is 0 Å². The molecule has 0 saturated heterocycles. The highest BCUT2D eigenvalue weighted by molar-refractivity contribution is 6.30. The molecule has 0 bridgehead atoms. The van der Waals surface area contributed by atoms with Gasteiger partial charge in [0.25, 0.3) is 0 Å². The van der Waals surface area contributed by atoms with E-state index in [0.29, 0.717) is 24.5 Å². The summed E-state index contributed by atoms with van der Waals surface area (Å²) in [5.41, 5.74) is 2.08. The molecule has 17 heavy (non-hydrogen) atoms. The number of anilines is 1. The number of benzene rings is 1. The summed E-state index contributed by atoms with van der Waals surface area (Å²) in [7, 11) is 0. The van der Waals surface area contributed by atoms with E-state index in [1.54, 1.807) is 6.08 Å². The minimum atomic E-state index is 0.0112. The van der Waals surface area contributed by atoms with E-state index in [0.717, 1.165) is 11.3 Å². The Morgan fingerprint density at radius 1 is 1.53 bits per heavy atom. The van der Waals surface area contributed by atoms with Crippen LogP contribution in [0.5, 0.6) is 0 Å². The van der Waals surface area contributed by atoms with Gasteiger partial charge in [0, 0.05) is 30.2 Å². The fourth-order valence-corrected chi connectivity index (χ4v) is 1.54. The molecule has 0 aromatic heterocycles. The van der Waals surface area contributed by atoms with Crippen molar-refractivity contribution in [2.45, 2.75) is 13.3 Å². The van der Waals surface area contributed by atoms with Crippen LogP contribution in [0.25, 0.3) is 0 Å². The summed E-state index contributed by atoms with van der Waals surface area (Å²) in [6.07, 6.45) is 2.09. The molecule has 0 aliphatic carbocycles. The molecule has 0 aliphatic rings. The van der Waals surface area contributed by atoms with Crippen molar-refractivity contribution < 1.29 is 4.79 Å². The van der Waals surface area contributed by atoms with Crippen LogP contribution in [0.15, 0.2) is 30.9 Å². The van der Waals surface area contributed by atoms with Gasteiger partial charge in [0.15, 0.2) is 0 Å². The molecule has 1 aromatic rings. The Morgan fingerprint density at radius 2 is 2.29 bits per heavy atom. The summed E-state index contributed by atoms with van der Waals surface area (Å²) in [4.78, 5) is 11.3. The molecule has 1 aromatic carbocycles. The van der Waals surface area contributed by atoms with E-state index in [4.69, 9.17) is 11.6 Å². The van der Waals surface area contributed by atoms with Gasteiger partial charge in [-0.2, -0.15) is 0 Å². The molecular formula is C13H17ClN2O. The standard InChI is InChI=1S/C13H17ClN2O/c1-3-7-16-13(17)6-8-15-12-9-11(14)5-4-10(12)2/h3-5,9,15H,1,6-8H2,2H3,(H,16,17). The van der Waals surface area contributed by atoms with Crippen LogP contribution < -0.4 is 10.6 Å². The Kier molecular flexibility index (Phi) is 5.57. The fourth-order valence-electron chi connectivity index (χ4n) is 1.37. The van der Waals surface area contributed by atoms with E-state index in [1.165, 1.54) is 0 Å². The number of amides is 1. The lowest BCUT2D eigenvalue weighted by atomic mass is 10.2. The molecule has 0 radical (unpaired) electrons. The first-order chi connectivity index (χ1) is 8.13. The monoisotopic (exact) mass is 252 g/mol. The van der Waals surface area contributed by atoms with Crippen LogP contribution in [0.2, 0.25) is 5.02 Å². The van der Waals surface area contributed by atoms with Gasteiger partial charge >= 0.3 is 0 Å². The molecule has 0 atom stereocenters. The van der Waals surface area contributed by atoms with Crippen molar-refractivity contribution in [1.29, 1.82) is 0 Å². The zero-order valence-corrected chi connectivity index (χ0v) is 10.7. The predicted molar refractivity (Wildman–Crippen MR) is 72.5 cm³/mol. The van der Waals surface area contributed by atoms with Gasteiger partial charge in [-0.15, -0.1) is 6.58 Å². The SMILES string of the molecule is C=CCNC(=O)CCNc1cc(Cl)ccc1C. The Hall–Kier alpha value is -1.48. The number of aryl methyl sites for hydroxylation is 1. The Bertz CT molecular complexity index is 404. The minimum Gasteiger partial charge on any atom is -0.384 e. The third-order valence-corrected chi connectivity index (χ3v) is 2.55. The predicted octanol–water partition coefficient (Wildman–Crippen LogP) is 2.75. The molecule has 0 unspecified atom stereocenters. The van der Waals surface area contributed by atoms with Gasteiger partial charge in [0.2, 0.25) is 5.91 Å².